The fourth-order valence-corrected chi connectivity index (χ4v) is 7.13. The summed E-state index contributed by atoms with van der Waals surface area (Å²) in [7, 11) is -4.16. The Hall–Kier alpha value is -4.62. The molecule has 1 aliphatic heterocycles. The maximum atomic E-state index is 13.5. The van der Waals surface area contributed by atoms with Crippen LogP contribution in [0.2, 0.25) is 0 Å². The molecule has 0 N–H and O–H groups in total. The summed E-state index contributed by atoms with van der Waals surface area (Å²) in [6.45, 7) is 4.03. The van der Waals surface area contributed by atoms with Crippen LogP contribution in [0, 0.1) is 16.0 Å². The Labute approximate surface area is 238 Å². The first-order chi connectivity index (χ1) is 19.5. The van der Waals surface area contributed by atoms with Crippen molar-refractivity contribution < 1.29 is 27.7 Å². The zero-order chi connectivity index (χ0) is 29.5. The summed E-state index contributed by atoms with van der Waals surface area (Å²) in [6.07, 6.45) is 2.47. The predicted molar refractivity (Wildman–Crippen MR) is 148 cm³/mol. The number of anilines is 1. The molecule has 1 saturated heterocycles. The van der Waals surface area contributed by atoms with Crippen LogP contribution in [0.4, 0.5) is 10.8 Å². The third-order valence-electron chi connectivity index (χ3n) is 6.75. The average molecular weight is 591 g/mol. The summed E-state index contributed by atoms with van der Waals surface area (Å²) in [5.74, 6) is -3.80. The van der Waals surface area contributed by atoms with Gasteiger partial charge in [-0.25, -0.2) is 13.4 Å². The lowest BCUT2D eigenvalue weighted by atomic mass is 9.87. The number of nitro groups is 1. The van der Waals surface area contributed by atoms with Crippen LogP contribution in [0.1, 0.15) is 47.4 Å². The van der Waals surface area contributed by atoms with Crippen LogP contribution in [0.5, 0.6) is 0 Å². The lowest BCUT2D eigenvalue weighted by molar-refractivity contribution is -0.384. The molecule has 0 saturated carbocycles. The van der Waals surface area contributed by atoms with Crippen LogP contribution in [-0.2, 0) is 19.4 Å². The van der Waals surface area contributed by atoms with Crippen molar-refractivity contribution in [2.24, 2.45) is 5.92 Å². The number of hydrogen-bond acceptors (Lipinski definition) is 10. The van der Waals surface area contributed by atoms with Crippen molar-refractivity contribution in [2.45, 2.75) is 34.9 Å². The second-order valence-electron chi connectivity index (χ2n) is 9.58. The van der Waals surface area contributed by atoms with Crippen LogP contribution < -0.4 is 4.90 Å². The summed E-state index contributed by atoms with van der Waals surface area (Å²) in [5.41, 5.74) is 1.25. The van der Waals surface area contributed by atoms with E-state index < -0.39 is 44.2 Å². The molecule has 0 spiro atoms. The van der Waals surface area contributed by atoms with Gasteiger partial charge in [-0.05, 0) is 41.3 Å². The highest BCUT2D eigenvalue weighted by molar-refractivity contribution is 7.93. The van der Waals surface area contributed by atoms with E-state index in [0.29, 0.717) is 16.9 Å². The van der Waals surface area contributed by atoms with E-state index in [1.165, 1.54) is 12.3 Å². The lowest BCUT2D eigenvalue weighted by Gasteiger charge is -2.25. The summed E-state index contributed by atoms with van der Waals surface area (Å²) in [4.78, 5) is 59.7. The van der Waals surface area contributed by atoms with Gasteiger partial charge >= 0.3 is 0 Å². The number of hydrogen-bond donors (Lipinski definition) is 0. The van der Waals surface area contributed by atoms with Crippen molar-refractivity contribution in [1.82, 2.24) is 9.97 Å². The molecule has 1 aliphatic rings. The fraction of sp³-hybridized carbons (Fsp3) is 0.179. The second kappa shape index (κ2) is 10.7. The first-order valence-corrected chi connectivity index (χ1v) is 14.7. The standard InChI is InChI=1S/C28H22N4O7S2/c1-16(2)17-6-8-18(9-7-17)24-23(25(33)21-5-3-4-14-29-21)26(34)27(35)31(24)28-30-15-22(40-28)41(38,39)20-12-10-19(11-13-20)32(36)37/h3-16,23-24H,1-2H3. The SMILES string of the molecule is CC(C)c1ccc(C2C(C(=O)c3ccccn3)C(=O)C(=O)N2c2ncc(S(=O)(=O)c3ccc([N+](=O)[O-])cc3)s2)cc1. The molecular formula is C28H22N4O7S2. The number of thiazole rings is 1. The molecule has 0 radical (unpaired) electrons. The molecule has 13 heteroatoms. The second-order valence-corrected chi connectivity index (χ2v) is 12.8. The van der Waals surface area contributed by atoms with E-state index in [2.05, 4.69) is 9.97 Å². The van der Waals surface area contributed by atoms with E-state index in [0.717, 1.165) is 40.9 Å². The van der Waals surface area contributed by atoms with Gasteiger partial charge in [0.25, 0.3) is 11.6 Å². The summed E-state index contributed by atoms with van der Waals surface area (Å²) in [5, 5.41) is 10.9. The predicted octanol–water partition coefficient (Wildman–Crippen LogP) is 4.56. The Morgan fingerprint density at radius 1 is 1.00 bits per heavy atom. The number of carbonyl (C=O) groups excluding carboxylic acids is 3. The minimum absolute atomic E-state index is 0.0184. The number of amides is 1. The highest BCUT2D eigenvalue weighted by Crippen LogP contribution is 2.43. The van der Waals surface area contributed by atoms with Crippen LogP contribution >= 0.6 is 11.3 Å². The number of nitrogens with zero attached hydrogens (tertiary/aromatic N) is 4. The van der Waals surface area contributed by atoms with Gasteiger partial charge in [0, 0.05) is 18.3 Å². The van der Waals surface area contributed by atoms with Crippen LogP contribution in [0.3, 0.4) is 0 Å². The van der Waals surface area contributed by atoms with E-state index in [1.54, 1.807) is 24.3 Å². The highest BCUT2D eigenvalue weighted by Gasteiger charge is 2.53. The number of Topliss-reactive ketones (excluding diaryl/α,β-unsaturated/α-hetero) is 2. The van der Waals surface area contributed by atoms with Crippen molar-refractivity contribution in [2.75, 3.05) is 4.90 Å². The molecule has 2 aromatic carbocycles. The lowest BCUT2D eigenvalue weighted by Crippen LogP contribution is -2.30. The fourth-order valence-electron chi connectivity index (χ4n) is 4.58. The summed E-state index contributed by atoms with van der Waals surface area (Å²) >= 11 is 0.657. The zero-order valence-corrected chi connectivity index (χ0v) is 23.3. The Morgan fingerprint density at radius 2 is 1.68 bits per heavy atom. The van der Waals surface area contributed by atoms with E-state index >= 15 is 0 Å². The number of aromatic nitrogens is 2. The molecule has 1 fully saturated rings. The molecule has 41 heavy (non-hydrogen) atoms. The number of pyridine rings is 1. The number of sulfone groups is 1. The summed E-state index contributed by atoms with van der Waals surface area (Å²) in [6, 6.07) is 15.1. The Kier molecular flexibility index (Phi) is 7.32. The number of carbonyl (C=O) groups is 3. The van der Waals surface area contributed by atoms with Gasteiger partial charge in [-0.3, -0.25) is 34.4 Å². The Balaban J connectivity index is 1.58. The van der Waals surface area contributed by atoms with Crippen molar-refractivity contribution >= 4 is 49.5 Å². The van der Waals surface area contributed by atoms with Gasteiger partial charge in [0.05, 0.1) is 22.1 Å². The molecular weight excluding hydrogens is 568 g/mol. The van der Waals surface area contributed by atoms with Gasteiger partial charge < -0.3 is 0 Å². The molecule has 5 rings (SSSR count). The van der Waals surface area contributed by atoms with Gasteiger partial charge in [0.1, 0.15) is 15.8 Å². The normalized spacial score (nSPS) is 17.3. The third kappa shape index (κ3) is 5.05. The smallest absolute Gasteiger partial charge is 0.292 e. The third-order valence-corrected chi connectivity index (χ3v) is 9.98. The largest absolute Gasteiger partial charge is 0.297 e. The number of benzene rings is 2. The molecule has 3 heterocycles. The molecule has 0 aliphatic carbocycles. The topological polar surface area (TPSA) is 158 Å². The van der Waals surface area contributed by atoms with E-state index in [4.69, 9.17) is 0 Å². The molecule has 1 amide bonds. The molecule has 2 unspecified atom stereocenters. The maximum Gasteiger partial charge on any atom is 0.297 e. The first kappa shape index (κ1) is 27.9. The minimum Gasteiger partial charge on any atom is -0.292 e. The van der Waals surface area contributed by atoms with Gasteiger partial charge in [-0.15, -0.1) is 0 Å². The zero-order valence-electron chi connectivity index (χ0n) is 21.7. The molecule has 4 aromatic rings. The molecule has 2 aromatic heterocycles. The number of rotatable bonds is 8. The molecule has 208 valence electrons. The number of non-ortho nitro benzene ring substituents is 1. The molecule has 11 nitrogen and oxygen atoms in total. The molecule has 0 bridgehead atoms. The Morgan fingerprint density at radius 3 is 2.27 bits per heavy atom. The average Bonchev–Trinajstić information content (AvgIpc) is 3.56. The minimum atomic E-state index is -4.16. The van der Waals surface area contributed by atoms with Crippen molar-refractivity contribution in [3.63, 3.8) is 0 Å². The quantitative estimate of drug-likeness (QED) is 0.0943. The van der Waals surface area contributed by atoms with Crippen LogP contribution in [0.15, 0.2) is 88.2 Å². The van der Waals surface area contributed by atoms with Gasteiger partial charge in [-0.2, -0.15) is 0 Å². The van der Waals surface area contributed by atoms with E-state index in [9.17, 15) is 32.9 Å². The number of nitro benzene ring substituents is 1. The monoisotopic (exact) mass is 590 g/mol. The summed E-state index contributed by atoms with van der Waals surface area (Å²) < 4.78 is 26.3. The van der Waals surface area contributed by atoms with Crippen LogP contribution in [0.25, 0.3) is 0 Å². The van der Waals surface area contributed by atoms with Gasteiger partial charge in [-0.1, -0.05) is 55.5 Å². The molecule has 2 atom stereocenters. The van der Waals surface area contributed by atoms with E-state index in [-0.39, 0.29) is 31.5 Å². The van der Waals surface area contributed by atoms with Gasteiger partial charge in [0.15, 0.2) is 10.9 Å². The first-order valence-electron chi connectivity index (χ1n) is 12.4. The van der Waals surface area contributed by atoms with Crippen LogP contribution in [-0.4, -0.2) is 40.8 Å². The number of ketones is 2. The highest BCUT2D eigenvalue weighted by atomic mass is 32.2. The van der Waals surface area contributed by atoms with Gasteiger partial charge in [0.2, 0.25) is 15.6 Å². The maximum absolute atomic E-state index is 13.5. The van der Waals surface area contributed by atoms with Crippen molar-refractivity contribution in [3.8, 4) is 0 Å². The van der Waals surface area contributed by atoms with Crippen molar-refractivity contribution in [3.05, 3.63) is 106 Å². The Bertz CT molecular complexity index is 1770. The van der Waals surface area contributed by atoms with Crippen molar-refractivity contribution in [1.29, 1.82) is 0 Å². The van der Waals surface area contributed by atoms with E-state index in [1.807, 2.05) is 26.0 Å².